The number of para-hydroxylation sites is 1. The molecule has 0 saturated carbocycles. The number of nitrogens with zero attached hydrogens (tertiary/aromatic N) is 1. The molecule has 3 heteroatoms. The summed E-state index contributed by atoms with van der Waals surface area (Å²) in [6.45, 7) is 3.87. The van der Waals surface area contributed by atoms with Crippen LogP contribution in [0.25, 0.3) is 0 Å². The Bertz CT molecular complexity index is 568. The summed E-state index contributed by atoms with van der Waals surface area (Å²) >= 11 is 5.81. The third-order valence-electron chi connectivity index (χ3n) is 2.80. The molecule has 2 aromatic carbocycles. The molecule has 18 heavy (non-hydrogen) atoms. The van der Waals surface area contributed by atoms with Gasteiger partial charge in [0.25, 0.3) is 0 Å². The van der Waals surface area contributed by atoms with Crippen molar-refractivity contribution in [3.05, 3.63) is 69.4 Å². The minimum Gasteiger partial charge on any atom is -0.618 e. The number of aryl methyl sites for hydroxylation is 2. The van der Waals surface area contributed by atoms with Crippen molar-refractivity contribution in [1.82, 2.24) is 0 Å². The van der Waals surface area contributed by atoms with E-state index in [4.69, 9.17) is 11.6 Å². The Labute approximate surface area is 112 Å². The largest absolute Gasteiger partial charge is 0.618 e. The maximum Gasteiger partial charge on any atom is 0.222 e. The van der Waals surface area contributed by atoms with E-state index in [1.165, 1.54) is 0 Å². The first-order valence-electron chi connectivity index (χ1n) is 5.71. The Morgan fingerprint density at radius 3 is 2.11 bits per heavy atom. The summed E-state index contributed by atoms with van der Waals surface area (Å²) in [5.74, 6) is 0. The molecule has 0 bridgehead atoms. The molecule has 0 radical (unpaired) electrons. The van der Waals surface area contributed by atoms with Crippen molar-refractivity contribution in [3.8, 4) is 0 Å². The van der Waals surface area contributed by atoms with Gasteiger partial charge < -0.3 is 5.21 Å². The van der Waals surface area contributed by atoms with Gasteiger partial charge in [-0.2, -0.15) is 4.74 Å². The number of benzene rings is 2. The molecule has 2 nitrogen and oxygen atoms in total. The zero-order valence-corrected chi connectivity index (χ0v) is 11.1. The predicted molar refractivity (Wildman–Crippen MR) is 75.8 cm³/mol. The number of halogens is 1. The molecular weight excluding hydrogens is 246 g/mol. The van der Waals surface area contributed by atoms with Gasteiger partial charge in [-0.1, -0.05) is 29.8 Å². The van der Waals surface area contributed by atoms with Crippen LogP contribution in [0.5, 0.6) is 0 Å². The van der Waals surface area contributed by atoms with Gasteiger partial charge in [0, 0.05) is 21.7 Å². The number of rotatable bonds is 2. The second-order valence-corrected chi connectivity index (χ2v) is 4.68. The highest BCUT2D eigenvalue weighted by molar-refractivity contribution is 6.30. The van der Waals surface area contributed by atoms with Gasteiger partial charge in [0.15, 0.2) is 6.21 Å². The molecule has 0 spiro atoms. The molecule has 0 aliphatic rings. The van der Waals surface area contributed by atoms with E-state index in [9.17, 15) is 5.21 Å². The third kappa shape index (κ3) is 2.71. The van der Waals surface area contributed by atoms with Gasteiger partial charge in [0.2, 0.25) is 5.69 Å². The zero-order chi connectivity index (χ0) is 13.1. The lowest BCUT2D eigenvalue weighted by molar-refractivity contribution is -0.355. The second-order valence-electron chi connectivity index (χ2n) is 4.25. The van der Waals surface area contributed by atoms with E-state index in [0.29, 0.717) is 10.7 Å². The Hall–Kier alpha value is -1.80. The molecular formula is C15H14ClNO. The first kappa shape index (κ1) is 12.7. The van der Waals surface area contributed by atoms with Crippen LogP contribution in [0.15, 0.2) is 42.5 Å². The van der Waals surface area contributed by atoms with Gasteiger partial charge >= 0.3 is 0 Å². The lowest BCUT2D eigenvalue weighted by Crippen LogP contribution is -2.02. The van der Waals surface area contributed by atoms with Crippen molar-refractivity contribution in [2.24, 2.45) is 0 Å². The first-order chi connectivity index (χ1) is 8.58. The van der Waals surface area contributed by atoms with Crippen LogP contribution in [0.1, 0.15) is 16.7 Å². The van der Waals surface area contributed by atoms with Crippen LogP contribution in [-0.4, -0.2) is 11.0 Å². The average molecular weight is 260 g/mol. The van der Waals surface area contributed by atoms with Crippen molar-refractivity contribution in [3.63, 3.8) is 0 Å². The van der Waals surface area contributed by atoms with E-state index < -0.39 is 0 Å². The van der Waals surface area contributed by atoms with Gasteiger partial charge in [0.05, 0.1) is 0 Å². The summed E-state index contributed by atoms with van der Waals surface area (Å²) in [5.41, 5.74) is 3.47. The molecule has 92 valence electrons. The normalized spacial score (nSPS) is 11.6. The summed E-state index contributed by atoms with van der Waals surface area (Å²) in [4.78, 5) is 0. The molecule has 0 heterocycles. The third-order valence-corrected chi connectivity index (χ3v) is 3.05. The Morgan fingerprint density at radius 2 is 1.56 bits per heavy atom. The van der Waals surface area contributed by atoms with E-state index in [2.05, 4.69) is 0 Å². The maximum absolute atomic E-state index is 12.2. The van der Waals surface area contributed by atoms with Gasteiger partial charge in [-0.05, 0) is 38.1 Å². The maximum atomic E-state index is 12.2. The molecule has 0 unspecified atom stereocenters. The Kier molecular flexibility index (Phi) is 3.68. The second kappa shape index (κ2) is 5.23. The molecule has 0 aliphatic heterocycles. The molecule has 0 saturated heterocycles. The minimum absolute atomic E-state index is 0.664. The van der Waals surface area contributed by atoms with E-state index in [1.54, 1.807) is 18.3 Å². The van der Waals surface area contributed by atoms with Crippen LogP contribution in [0.4, 0.5) is 5.69 Å². The fourth-order valence-electron chi connectivity index (χ4n) is 1.90. The lowest BCUT2D eigenvalue weighted by Gasteiger charge is -2.08. The molecule has 0 aliphatic carbocycles. The Morgan fingerprint density at radius 1 is 1.00 bits per heavy atom. The average Bonchev–Trinajstić information content (AvgIpc) is 2.32. The summed E-state index contributed by atoms with van der Waals surface area (Å²) < 4.78 is 0.911. The van der Waals surface area contributed by atoms with Gasteiger partial charge in [0.1, 0.15) is 0 Å². The van der Waals surface area contributed by atoms with Crippen molar-refractivity contribution in [1.29, 1.82) is 0 Å². The monoisotopic (exact) mass is 259 g/mol. The van der Waals surface area contributed by atoms with Crippen LogP contribution in [-0.2, 0) is 0 Å². The molecule has 0 fully saturated rings. The van der Waals surface area contributed by atoms with Gasteiger partial charge in [-0.3, -0.25) is 0 Å². The fraction of sp³-hybridized carbons (Fsp3) is 0.133. The summed E-state index contributed by atoms with van der Waals surface area (Å²) in [7, 11) is 0. The molecule has 0 amide bonds. The molecule has 2 aromatic rings. The van der Waals surface area contributed by atoms with Crippen LogP contribution in [0.3, 0.4) is 0 Å². The number of hydrogen-bond acceptors (Lipinski definition) is 1. The quantitative estimate of drug-likeness (QED) is 0.343. The van der Waals surface area contributed by atoms with E-state index in [-0.39, 0.29) is 0 Å². The topological polar surface area (TPSA) is 26.1 Å². The number of hydrogen-bond donors (Lipinski definition) is 0. The summed E-state index contributed by atoms with van der Waals surface area (Å²) in [6.07, 6.45) is 1.56. The molecule has 0 atom stereocenters. The highest BCUT2D eigenvalue weighted by Crippen LogP contribution is 2.22. The van der Waals surface area contributed by atoms with Gasteiger partial charge in [-0.25, -0.2) is 0 Å². The van der Waals surface area contributed by atoms with E-state index >= 15 is 0 Å². The highest BCUT2D eigenvalue weighted by atomic mass is 35.5. The lowest BCUT2D eigenvalue weighted by atomic mass is 10.1. The standard InChI is InChI=1S/C15H14ClNO/c1-11-4-3-5-12(2)15(11)17(18)10-13-6-8-14(16)9-7-13/h3-10H,1-2H3. The van der Waals surface area contributed by atoms with Crippen LogP contribution >= 0.6 is 11.6 Å². The smallest absolute Gasteiger partial charge is 0.222 e. The minimum atomic E-state index is 0.664. The van der Waals surface area contributed by atoms with E-state index in [0.717, 1.165) is 21.4 Å². The summed E-state index contributed by atoms with van der Waals surface area (Å²) in [6, 6.07) is 13.0. The van der Waals surface area contributed by atoms with Crippen LogP contribution < -0.4 is 0 Å². The van der Waals surface area contributed by atoms with Crippen molar-refractivity contribution in [2.75, 3.05) is 0 Å². The predicted octanol–water partition coefficient (Wildman–Crippen LogP) is 4.22. The Balaban J connectivity index is 2.42. The SMILES string of the molecule is Cc1cccc(C)c1[N+]([O-])=Cc1ccc(Cl)cc1. The van der Waals surface area contributed by atoms with Gasteiger partial charge in [-0.15, -0.1) is 0 Å². The van der Waals surface area contributed by atoms with Crippen LogP contribution in [0.2, 0.25) is 5.02 Å². The fourth-order valence-corrected chi connectivity index (χ4v) is 2.03. The van der Waals surface area contributed by atoms with Crippen molar-refractivity contribution >= 4 is 23.5 Å². The highest BCUT2D eigenvalue weighted by Gasteiger charge is 2.09. The molecule has 0 aromatic heterocycles. The van der Waals surface area contributed by atoms with Crippen LogP contribution in [0, 0.1) is 19.1 Å². The summed E-state index contributed by atoms with van der Waals surface area (Å²) in [5, 5.41) is 12.8. The zero-order valence-electron chi connectivity index (χ0n) is 10.4. The van der Waals surface area contributed by atoms with E-state index in [1.807, 2.05) is 44.2 Å². The first-order valence-corrected chi connectivity index (χ1v) is 6.09. The van der Waals surface area contributed by atoms with Crippen molar-refractivity contribution < 1.29 is 4.74 Å². The molecule has 0 N–H and O–H groups in total. The van der Waals surface area contributed by atoms with Crippen molar-refractivity contribution in [2.45, 2.75) is 13.8 Å². The molecule has 2 rings (SSSR count).